The number of hydrogen-bond acceptors (Lipinski definition) is 6. The molecular weight excluding hydrogens is 877 g/mol. The number of esters is 3. The summed E-state index contributed by atoms with van der Waals surface area (Å²) in [5.41, 5.74) is 0. The second kappa shape index (κ2) is 59.9. The minimum atomic E-state index is -0.774. The molecule has 0 saturated heterocycles. The Kier molecular flexibility index (Phi) is 57.7. The lowest BCUT2D eigenvalue weighted by atomic mass is 10.0. The number of ether oxygens (including phenoxy) is 3. The molecule has 6 nitrogen and oxygen atoms in total. The van der Waals surface area contributed by atoms with E-state index in [1.807, 2.05) is 0 Å². The molecular formula is C65H118O6. The molecule has 0 N–H and O–H groups in total. The van der Waals surface area contributed by atoms with E-state index in [2.05, 4.69) is 69.4 Å². The average molecular weight is 996 g/mol. The van der Waals surface area contributed by atoms with Gasteiger partial charge in [0, 0.05) is 19.3 Å². The van der Waals surface area contributed by atoms with Crippen molar-refractivity contribution in [1.29, 1.82) is 0 Å². The first kappa shape index (κ1) is 68.4. The van der Waals surface area contributed by atoms with Gasteiger partial charge in [0.15, 0.2) is 6.10 Å². The molecule has 0 bridgehead atoms. The molecule has 0 aliphatic rings. The molecule has 71 heavy (non-hydrogen) atoms. The number of hydrogen-bond donors (Lipinski definition) is 0. The second-order valence-corrected chi connectivity index (χ2v) is 21.0. The quantitative estimate of drug-likeness (QED) is 0.0261. The number of carbonyl (C=O) groups is 3. The van der Waals surface area contributed by atoms with E-state index in [1.54, 1.807) is 0 Å². The lowest BCUT2D eigenvalue weighted by Gasteiger charge is -2.18. The zero-order valence-corrected chi connectivity index (χ0v) is 47.5. The summed E-state index contributed by atoms with van der Waals surface area (Å²) in [5.74, 6) is -0.865. The number of carbonyl (C=O) groups excluding carboxylic acids is 3. The molecule has 414 valence electrons. The summed E-state index contributed by atoms with van der Waals surface area (Å²) in [6, 6.07) is 0. The van der Waals surface area contributed by atoms with E-state index in [0.29, 0.717) is 19.3 Å². The maximum absolute atomic E-state index is 12.9. The van der Waals surface area contributed by atoms with E-state index in [0.717, 1.165) is 70.6 Å². The van der Waals surface area contributed by atoms with Gasteiger partial charge in [-0.25, -0.2) is 0 Å². The second-order valence-electron chi connectivity index (χ2n) is 21.0. The van der Waals surface area contributed by atoms with Crippen molar-refractivity contribution in [3.63, 3.8) is 0 Å². The SMILES string of the molecule is CCCCCCC/C=C\C/C=C\C/C=C\CCCCCCCCCCCCC(=O)OCC(COC(=O)CCCCCCCCCCCCC)OC(=O)CCCCCCCCC/C=C\CCCCCCCC. The fourth-order valence-corrected chi connectivity index (χ4v) is 9.09. The standard InChI is InChI=1S/C65H118O6/c1-4-7-10-13-16-19-22-24-26-28-29-30-31-32-33-34-35-37-38-40-43-46-49-52-55-58-64(67)70-61-62(60-69-63(66)57-54-51-48-45-42-21-18-15-12-9-6-3)71-65(68)59-56-53-50-47-44-41-39-36-27-25-23-20-17-14-11-8-5-2/h22,24-25,27-29,31-32,62H,4-21,23,26,30,33-61H2,1-3H3/b24-22-,27-25-,29-28-,32-31-. The first-order valence-corrected chi connectivity index (χ1v) is 31.1. The highest BCUT2D eigenvalue weighted by Gasteiger charge is 2.19. The Morgan fingerprint density at radius 1 is 0.282 bits per heavy atom. The number of rotatable bonds is 57. The monoisotopic (exact) mass is 995 g/mol. The molecule has 0 aromatic carbocycles. The van der Waals surface area contributed by atoms with Gasteiger partial charge in [0.1, 0.15) is 13.2 Å². The van der Waals surface area contributed by atoms with Crippen LogP contribution in [0.1, 0.15) is 329 Å². The molecule has 0 spiro atoms. The normalized spacial score (nSPS) is 12.3. The van der Waals surface area contributed by atoms with Crippen LogP contribution >= 0.6 is 0 Å². The van der Waals surface area contributed by atoms with Gasteiger partial charge < -0.3 is 14.2 Å². The first-order chi connectivity index (χ1) is 35.0. The summed E-state index contributed by atoms with van der Waals surface area (Å²) >= 11 is 0. The van der Waals surface area contributed by atoms with Gasteiger partial charge in [0.05, 0.1) is 0 Å². The lowest BCUT2D eigenvalue weighted by Crippen LogP contribution is -2.30. The number of allylic oxidation sites excluding steroid dienone is 8. The zero-order valence-electron chi connectivity index (χ0n) is 47.5. The van der Waals surface area contributed by atoms with Crippen molar-refractivity contribution in [2.75, 3.05) is 13.2 Å². The minimum Gasteiger partial charge on any atom is -0.462 e. The molecule has 0 aromatic rings. The number of unbranched alkanes of at least 4 members (excludes halogenated alkanes) is 38. The molecule has 1 atom stereocenters. The van der Waals surface area contributed by atoms with Gasteiger partial charge in [0.25, 0.3) is 0 Å². The Morgan fingerprint density at radius 3 is 0.803 bits per heavy atom. The summed E-state index contributed by atoms with van der Waals surface area (Å²) in [6.07, 6.45) is 74.0. The molecule has 0 aromatic heterocycles. The van der Waals surface area contributed by atoms with Gasteiger partial charge in [-0.05, 0) is 83.5 Å². The highest BCUT2D eigenvalue weighted by atomic mass is 16.6. The molecule has 0 aliphatic heterocycles. The molecule has 0 radical (unpaired) electrons. The van der Waals surface area contributed by atoms with E-state index in [4.69, 9.17) is 14.2 Å². The van der Waals surface area contributed by atoms with Crippen molar-refractivity contribution in [2.45, 2.75) is 335 Å². The molecule has 0 heterocycles. The van der Waals surface area contributed by atoms with Crippen LogP contribution in [0.3, 0.4) is 0 Å². The summed E-state index contributed by atoms with van der Waals surface area (Å²) < 4.78 is 16.9. The molecule has 1 unspecified atom stereocenters. The Balaban J connectivity index is 4.25. The van der Waals surface area contributed by atoms with Crippen LogP contribution < -0.4 is 0 Å². The van der Waals surface area contributed by atoms with E-state index in [-0.39, 0.29) is 31.1 Å². The van der Waals surface area contributed by atoms with E-state index >= 15 is 0 Å². The third kappa shape index (κ3) is 58.1. The van der Waals surface area contributed by atoms with Crippen LogP contribution in [0.4, 0.5) is 0 Å². The van der Waals surface area contributed by atoms with Gasteiger partial charge in [-0.3, -0.25) is 14.4 Å². The van der Waals surface area contributed by atoms with Gasteiger partial charge >= 0.3 is 17.9 Å². The van der Waals surface area contributed by atoms with Gasteiger partial charge in [-0.2, -0.15) is 0 Å². The molecule has 0 fully saturated rings. The van der Waals surface area contributed by atoms with Crippen molar-refractivity contribution in [3.05, 3.63) is 48.6 Å². The van der Waals surface area contributed by atoms with Crippen molar-refractivity contribution in [3.8, 4) is 0 Å². The van der Waals surface area contributed by atoms with Crippen LogP contribution in [0.25, 0.3) is 0 Å². The van der Waals surface area contributed by atoms with E-state index < -0.39 is 6.10 Å². The minimum absolute atomic E-state index is 0.0726. The Hall–Kier alpha value is -2.63. The van der Waals surface area contributed by atoms with Crippen molar-refractivity contribution in [2.24, 2.45) is 0 Å². The topological polar surface area (TPSA) is 78.9 Å². The molecule has 0 saturated carbocycles. The van der Waals surface area contributed by atoms with Gasteiger partial charge in [0.2, 0.25) is 0 Å². The van der Waals surface area contributed by atoms with Crippen LogP contribution in [-0.4, -0.2) is 37.2 Å². The first-order valence-electron chi connectivity index (χ1n) is 31.1. The summed E-state index contributed by atoms with van der Waals surface area (Å²) in [7, 11) is 0. The maximum Gasteiger partial charge on any atom is 0.306 e. The Morgan fingerprint density at radius 2 is 0.507 bits per heavy atom. The summed E-state index contributed by atoms with van der Waals surface area (Å²) in [5, 5.41) is 0. The third-order valence-corrected chi connectivity index (χ3v) is 13.8. The van der Waals surface area contributed by atoms with E-state index in [1.165, 1.54) is 218 Å². The Bertz CT molecular complexity index is 1230. The largest absolute Gasteiger partial charge is 0.462 e. The fourth-order valence-electron chi connectivity index (χ4n) is 9.09. The van der Waals surface area contributed by atoms with Crippen molar-refractivity contribution >= 4 is 17.9 Å². The maximum atomic E-state index is 12.9. The molecule has 0 amide bonds. The smallest absolute Gasteiger partial charge is 0.306 e. The molecule has 0 aliphatic carbocycles. The van der Waals surface area contributed by atoms with Crippen molar-refractivity contribution in [1.82, 2.24) is 0 Å². The summed E-state index contributed by atoms with van der Waals surface area (Å²) in [6.45, 7) is 6.65. The lowest BCUT2D eigenvalue weighted by molar-refractivity contribution is -0.167. The third-order valence-electron chi connectivity index (χ3n) is 13.8. The highest BCUT2D eigenvalue weighted by molar-refractivity contribution is 5.71. The fraction of sp³-hybridized carbons (Fsp3) is 0.831. The van der Waals surface area contributed by atoms with Crippen LogP contribution in [0.5, 0.6) is 0 Å². The predicted octanol–water partition coefficient (Wildman–Crippen LogP) is 21.0. The van der Waals surface area contributed by atoms with Crippen LogP contribution in [0.15, 0.2) is 48.6 Å². The van der Waals surface area contributed by atoms with Gasteiger partial charge in [-0.1, -0.05) is 275 Å². The zero-order chi connectivity index (χ0) is 51.4. The average Bonchev–Trinajstić information content (AvgIpc) is 3.37. The highest BCUT2D eigenvalue weighted by Crippen LogP contribution is 2.16. The summed E-state index contributed by atoms with van der Waals surface area (Å²) in [4.78, 5) is 38.2. The van der Waals surface area contributed by atoms with E-state index in [9.17, 15) is 14.4 Å². The Labute approximate surface area is 441 Å². The molecule has 0 rings (SSSR count). The molecule has 6 heteroatoms. The van der Waals surface area contributed by atoms with Crippen LogP contribution in [0.2, 0.25) is 0 Å². The van der Waals surface area contributed by atoms with Gasteiger partial charge in [-0.15, -0.1) is 0 Å². The van der Waals surface area contributed by atoms with Crippen molar-refractivity contribution < 1.29 is 28.6 Å². The van der Waals surface area contributed by atoms with Crippen LogP contribution in [0, 0.1) is 0 Å². The predicted molar refractivity (Wildman–Crippen MR) is 307 cm³/mol. The van der Waals surface area contributed by atoms with Crippen LogP contribution in [-0.2, 0) is 28.6 Å².